The number of rotatable bonds is 3. The smallest absolute Gasteiger partial charge is 0.160 e. The fraction of sp³-hybridized carbons (Fsp3) is 0.318. The van der Waals surface area contributed by atoms with Crippen LogP contribution in [0.4, 0.5) is 8.78 Å². The second-order valence-electron chi connectivity index (χ2n) is 7.77. The van der Waals surface area contributed by atoms with Gasteiger partial charge in [0.25, 0.3) is 0 Å². The molecule has 2 aromatic heterocycles. The second-order valence-corrected chi connectivity index (χ2v) is 7.77. The lowest BCUT2D eigenvalue weighted by Crippen LogP contribution is -2.08. The van der Waals surface area contributed by atoms with Crippen LogP contribution in [0.3, 0.4) is 0 Å². The number of ether oxygens (including phenoxy) is 1. The fourth-order valence-electron chi connectivity index (χ4n) is 4.43. The number of aromatic amines is 1. The summed E-state index contributed by atoms with van der Waals surface area (Å²) in [7, 11) is 0. The van der Waals surface area contributed by atoms with Gasteiger partial charge in [-0.05, 0) is 42.2 Å². The van der Waals surface area contributed by atoms with Crippen LogP contribution in [0.2, 0.25) is 0 Å². The zero-order valence-corrected chi connectivity index (χ0v) is 15.8. The van der Waals surface area contributed by atoms with E-state index in [1.807, 2.05) is 0 Å². The normalized spacial score (nSPS) is 17.4. The van der Waals surface area contributed by atoms with Crippen LogP contribution >= 0.6 is 0 Å². The van der Waals surface area contributed by atoms with Crippen molar-refractivity contribution in [1.29, 1.82) is 0 Å². The van der Waals surface area contributed by atoms with Gasteiger partial charge in [-0.25, -0.2) is 8.78 Å². The van der Waals surface area contributed by atoms with E-state index in [0.717, 1.165) is 40.5 Å². The molecule has 0 bridgehead atoms. The average molecular weight is 381 g/mol. The summed E-state index contributed by atoms with van der Waals surface area (Å²) >= 11 is 0. The van der Waals surface area contributed by atoms with Crippen molar-refractivity contribution in [3.05, 3.63) is 59.4 Å². The molecule has 1 aliphatic rings. The van der Waals surface area contributed by atoms with Crippen LogP contribution in [-0.4, -0.2) is 28.0 Å². The summed E-state index contributed by atoms with van der Waals surface area (Å²) in [6.07, 6.45) is 2.74. The monoisotopic (exact) mass is 381 g/mol. The highest BCUT2D eigenvalue weighted by Crippen LogP contribution is 2.42. The number of halogens is 2. The standard InChI is InChI=1S/C22H21F2N3O/c1-12(2)22-21(13-5-6-28-11-13)16-9-19-14(10-25-26-19)7-20(16)27(22)15-3-4-17(23)18(24)8-15/h3-4,7-10,12-13H,5-6,11H2,1-2H3,(H,25,26). The van der Waals surface area contributed by atoms with Crippen molar-refractivity contribution in [3.63, 3.8) is 0 Å². The first-order valence-corrected chi connectivity index (χ1v) is 9.59. The Bertz CT molecular complexity index is 1190. The highest BCUT2D eigenvalue weighted by atomic mass is 19.2. The fourth-order valence-corrected chi connectivity index (χ4v) is 4.43. The molecule has 2 aromatic carbocycles. The molecule has 0 spiro atoms. The molecule has 5 rings (SSSR count). The van der Waals surface area contributed by atoms with Crippen molar-refractivity contribution in [2.45, 2.75) is 32.1 Å². The number of hydrogen-bond acceptors (Lipinski definition) is 2. The van der Waals surface area contributed by atoms with Crippen molar-refractivity contribution in [2.24, 2.45) is 0 Å². The Kier molecular flexibility index (Phi) is 3.98. The Morgan fingerprint density at radius 3 is 2.75 bits per heavy atom. The number of aromatic nitrogens is 3. The lowest BCUT2D eigenvalue weighted by atomic mass is 9.91. The Morgan fingerprint density at radius 2 is 2.04 bits per heavy atom. The first-order valence-electron chi connectivity index (χ1n) is 9.59. The van der Waals surface area contributed by atoms with E-state index in [1.165, 1.54) is 17.7 Å². The Labute approximate surface area is 161 Å². The Hall–Kier alpha value is -2.73. The molecular weight excluding hydrogens is 360 g/mol. The number of benzene rings is 2. The van der Waals surface area contributed by atoms with Crippen LogP contribution in [0.1, 0.15) is 43.4 Å². The third kappa shape index (κ3) is 2.55. The van der Waals surface area contributed by atoms with Gasteiger partial charge in [-0.1, -0.05) is 13.8 Å². The number of fused-ring (bicyclic) bond motifs is 2. The summed E-state index contributed by atoms with van der Waals surface area (Å²) < 4.78 is 35.4. The van der Waals surface area contributed by atoms with Gasteiger partial charge < -0.3 is 9.30 Å². The highest BCUT2D eigenvalue weighted by molar-refractivity contribution is 5.99. The molecule has 0 radical (unpaired) electrons. The quantitative estimate of drug-likeness (QED) is 0.515. The van der Waals surface area contributed by atoms with Crippen LogP contribution in [0, 0.1) is 11.6 Å². The molecule has 0 aliphatic carbocycles. The number of H-pyrrole nitrogens is 1. The van der Waals surface area contributed by atoms with Gasteiger partial charge in [0.05, 0.1) is 23.8 Å². The molecule has 1 atom stereocenters. The van der Waals surface area contributed by atoms with Crippen molar-refractivity contribution < 1.29 is 13.5 Å². The minimum absolute atomic E-state index is 0.201. The molecule has 1 aliphatic heterocycles. The molecule has 1 N–H and O–H groups in total. The molecule has 0 amide bonds. The molecule has 0 saturated carbocycles. The molecule has 1 saturated heterocycles. The summed E-state index contributed by atoms with van der Waals surface area (Å²) in [5.41, 5.74) is 4.93. The van der Waals surface area contributed by atoms with Crippen molar-refractivity contribution in [2.75, 3.05) is 13.2 Å². The molecule has 4 aromatic rings. The van der Waals surface area contributed by atoms with E-state index in [2.05, 4.69) is 40.7 Å². The van der Waals surface area contributed by atoms with E-state index in [4.69, 9.17) is 4.74 Å². The molecule has 144 valence electrons. The van der Waals surface area contributed by atoms with Crippen LogP contribution in [0.25, 0.3) is 27.5 Å². The van der Waals surface area contributed by atoms with Crippen LogP contribution < -0.4 is 0 Å². The molecule has 1 fully saturated rings. The largest absolute Gasteiger partial charge is 0.381 e. The SMILES string of the molecule is CC(C)c1c(C2CCOC2)c2cc3[nH]ncc3cc2n1-c1ccc(F)c(F)c1. The van der Waals surface area contributed by atoms with E-state index >= 15 is 0 Å². The van der Waals surface area contributed by atoms with Crippen molar-refractivity contribution >= 4 is 21.8 Å². The molecular formula is C22H21F2N3O. The van der Waals surface area contributed by atoms with E-state index in [9.17, 15) is 8.78 Å². The van der Waals surface area contributed by atoms with Gasteiger partial charge in [0.1, 0.15) is 0 Å². The maximum atomic E-state index is 14.1. The Morgan fingerprint density at radius 1 is 1.18 bits per heavy atom. The minimum Gasteiger partial charge on any atom is -0.381 e. The minimum atomic E-state index is -0.843. The molecule has 3 heterocycles. The van der Waals surface area contributed by atoms with Gasteiger partial charge in [-0.2, -0.15) is 5.10 Å². The summed E-state index contributed by atoms with van der Waals surface area (Å²) in [5, 5.41) is 9.29. The first kappa shape index (κ1) is 17.4. The zero-order valence-electron chi connectivity index (χ0n) is 15.8. The Balaban J connectivity index is 1.91. The van der Waals surface area contributed by atoms with Gasteiger partial charge in [-0.15, -0.1) is 0 Å². The van der Waals surface area contributed by atoms with Crippen molar-refractivity contribution in [3.8, 4) is 5.69 Å². The maximum absolute atomic E-state index is 14.1. The topological polar surface area (TPSA) is 42.8 Å². The molecule has 28 heavy (non-hydrogen) atoms. The van der Waals surface area contributed by atoms with E-state index < -0.39 is 11.6 Å². The van der Waals surface area contributed by atoms with E-state index in [0.29, 0.717) is 12.3 Å². The lowest BCUT2D eigenvalue weighted by molar-refractivity contribution is 0.194. The van der Waals surface area contributed by atoms with Crippen LogP contribution in [0.5, 0.6) is 0 Å². The van der Waals surface area contributed by atoms with Gasteiger partial charge in [0, 0.05) is 40.7 Å². The summed E-state index contributed by atoms with van der Waals surface area (Å²) in [6.45, 7) is 5.69. The predicted molar refractivity (Wildman–Crippen MR) is 105 cm³/mol. The molecule has 4 nitrogen and oxygen atoms in total. The van der Waals surface area contributed by atoms with Crippen LogP contribution in [0.15, 0.2) is 36.5 Å². The average Bonchev–Trinajstić information content (AvgIpc) is 3.39. The summed E-state index contributed by atoms with van der Waals surface area (Å²) in [6, 6.07) is 8.29. The van der Waals surface area contributed by atoms with E-state index in [1.54, 1.807) is 12.3 Å². The van der Waals surface area contributed by atoms with Gasteiger partial charge >= 0.3 is 0 Å². The second kappa shape index (κ2) is 6.41. The van der Waals surface area contributed by atoms with Crippen molar-refractivity contribution in [1.82, 2.24) is 14.8 Å². The first-order chi connectivity index (χ1) is 13.5. The number of nitrogens with one attached hydrogen (secondary N) is 1. The third-order valence-corrected chi connectivity index (χ3v) is 5.65. The summed E-state index contributed by atoms with van der Waals surface area (Å²) in [5.74, 6) is -1.20. The van der Waals surface area contributed by atoms with Gasteiger partial charge in [-0.3, -0.25) is 5.10 Å². The molecule has 6 heteroatoms. The maximum Gasteiger partial charge on any atom is 0.160 e. The predicted octanol–water partition coefficient (Wildman–Crippen LogP) is 5.41. The highest BCUT2D eigenvalue weighted by Gasteiger charge is 2.29. The van der Waals surface area contributed by atoms with Crippen LogP contribution in [-0.2, 0) is 4.74 Å². The zero-order chi connectivity index (χ0) is 19.4. The third-order valence-electron chi connectivity index (χ3n) is 5.65. The summed E-state index contributed by atoms with van der Waals surface area (Å²) in [4.78, 5) is 0. The van der Waals surface area contributed by atoms with E-state index in [-0.39, 0.29) is 11.8 Å². The lowest BCUT2D eigenvalue weighted by Gasteiger charge is -2.18. The van der Waals surface area contributed by atoms with Gasteiger partial charge in [0.15, 0.2) is 11.6 Å². The van der Waals surface area contributed by atoms with Gasteiger partial charge in [0.2, 0.25) is 0 Å². The number of nitrogens with zero attached hydrogens (tertiary/aromatic N) is 2. The number of hydrogen-bond donors (Lipinski definition) is 1. The molecule has 1 unspecified atom stereocenters.